The summed E-state index contributed by atoms with van der Waals surface area (Å²) in [7, 11) is 0. The van der Waals surface area contributed by atoms with Crippen molar-refractivity contribution in [2.45, 2.75) is 45.2 Å². The average molecular weight is 283 g/mol. The number of benzene rings is 1. The number of nitrogens with one attached hydrogen (secondary N) is 1. The lowest BCUT2D eigenvalue weighted by Gasteiger charge is -2.16. The van der Waals surface area contributed by atoms with Gasteiger partial charge in [0.05, 0.1) is 4.92 Å². The Morgan fingerprint density at radius 1 is 1.53 bits per heavy atom. The molecule has 1 saturated carbocycles. The predicted molar refractivity (Wildman–Crippen MR) is 76.4 cm³/mol. The molecule has 1 atom stereocenters. The first kappa shape index (κ1) is 14.3. The van der Waals surface area contributed by atoms with Gasteiger partial charge in [0, 0.05) is 29.2 Å². The van der Waals surface area contributed by atoms with Crippen LogP contribution in [0.2, 0.25) is 5.02 Å². The van der Waals surface area contributed by atoms with Gasteiger partial charge in [-0.1, -0.05) is 31.4 Å². The second kappa shape index (κ2) is 6.35. The normalized spacial score (nSPS) is 16.3. The highest BCUT2D eigenvalue weighted by Crippen LogP contribution is 2.34. The van der Waals surface area contributed by atoms with Crippen LogP contribution in [0.25, 0.3) is 0 Å². The molecular weight excluding hydrogens is 264 g/mol. The Labute approximate surface area is 118 Å². The zero-order chi connectivity index (χ0) is 13.8. The van der Waals surface area contributed by atoms with Crippen LogP contribution in [0, 0.1) is 16.0 Å². The molecule has 19 heavy (non-hydrogen) atoms. The Morgan fingerprint density at radius 3 is 2.84 bits per heavy atom. The van der Waals surface area contributed by atoms with Gasteiger partial charge in [-0.3, -0.25) is 10.1 Å². The molecule has 5 heteroatoms. The third-order valence-corrected chi connectivity index (χ3v) is 3.86. The molecule has 0 radical (unpaired) electrons. The first-order valence-electron chi connectivity index (χ1n) is 6.76. The van der Waals surface area contributed by atoms with Gasteiger partial charge in [0.1, 0.15) is 0 Å². The van der Waals surface area contributed by atoms with Crippen LogP contribution >= 0.6 is 11.6 Å². The van der Waals surface area contributed by atoms with E-state index < -0.39 is 0 Å². The highest BCUT2D eigenvalue weighted by atomic mass is 35.5. The smallest absolute Gasteiger partial charge is 0.273 e. The average Bonchev–Trinajstić information content (AvgIpc) is 3.18. The van der Waals surface area contributed by atoms with Gasteiger partial charge in [0.2, 0.25) is 0 Å². The summed E-state index contributed by atoms with van der Waals surface area (Å²) in [6.45, 7) is 2.65. The SMILES string of the molecule is CCC(CC1CC1)NCc1cc(Cl)ccc1[N+](=O)[O-]. The zero-order valence-corrected chi connectivity index (χ0v) is 11.8. The first-order chi connectivity index (χ1) is 9.10. The third-order valence-electron chi connectivity index (χ3n) is 3.63. The molecule has 0 spiro atoms. The molecule has 0 heterocycles. The van der Waals surface area contributed by atoms with Crippen molar-refractivity contribution >= 4 is 17.3 Å². The van der Waals surface area contributed by atoms with Crippen LogP contribution in [0.3, 0.4) is 0 Å². The lowest BCUT2D eigenvalue weighted by molar-refractivity contribution is -0.385. The van der Waals surface area contributed by atoms with Gasteiger partial charge in [0.15, 0.2) is 0 Å². The van der Waals surface area contributed by atoms with Crippen molar-refractivity contribution in [2.24, 2.45) is 5.92 Å². The summed E-state index contributed by atoms with van der Waals surface area (Å²) < 4.78 is 0. The quantitative estimate of drug-likeness (QED) is 0.609. The Bertz CT molecular complexity index is 461. The summed E-state index contributed by atoms with van der Waals surface area (Å²) in [5.41, 5.74) is 0.796. The second-order valence-electron chi connectivity index (χ2n) is 5.20. The number of nitro groups is 1. The summed E-state index contributed by atoms with van der Waals surface area (Å²) in [6, 6.07) is 5.15. The lowest BCUT2D eigenvalue weighted by atomic mass is 10.1. The standard InChI is InChI=1S/C14H19ClN2O2/c1-2-13(7-10-3-4-10)16-9-11-8-12(15)5-6-14(11)17(18)19/h5-6,8,10,13,16H,2-4,7,9H2,1H3. The van der Waals surface area contributed by atoms with Crippen molar-refractivity contribution in [3.63, 3.8) is 0 Å². The molecule has 1 fully saturated rings. The van der Waals surface area contributed by atoms with E-state index >= 15 is 0 Å². The molecule has 0 bridgehead atoms. The topological polar surface area (TPSA) is 55.2 Å². The molecule has 0 aliphatic heterocycles. The summed E-state index contributed by atoms with van der Waals surface area (Å²) in [4.78, 5) is 10.6. The zero-order valence-electron chi connectivity index (χ0n) is 11.1. The fourth-order valence-corrected chi connectivity index (χ4v) is 2.47. The van der Waals surface area contributed by atoms with E-state index in [2.05, 4.69) is 12.2 Å². The monoisotopic (exact) mass is 282 g/mol. The van der Waals surface area contributed by atoms with Gasteiger partial charge in [-0.15, -0.1) is 0 Å². The Balaban J connectivity index is 2.00. The fourth-order valence-electron chi connectivity index (χ4n) is 2.28. The van der Waals surface area contributed by atoms with Crippen molar-refractivity contribution in [1.82, 2.24) is 5.32 Å². The van der Waals surface area contributed by atoms with Gasteiger partial charge in [-0.25, -0.2) is 0 Å². The first-order valence-corrected chi connectivity index (χ1v) is 7.14. The van der Waals surface area contributed by atoms with E-state index in [9.17, 15) is 10.1 Å². The largest absolute Gasteiger partial charge is 0.310 e. The van der Waals surface area contributed by atoms with Gasteiger partial charge < -0.3 is 5.32 Å². The van der Waals surface area contributed by atoms with Crippen molar-refractivity contribution in [2.75, 3.05) is 0 Å². The number of rotatable bonds is 7. The van der Waals surface area contributed by atoms with Gasteiger partial charge in [-0.05, 0) is 30.9 Å². The molecule has 1 N–H and O–H groups in total. The van der Waals surface area contributed by atoms with Crippen LogP contribution in [0.4, 0.5) is 5.69 Å². The van der Waals surface area contributed by atoms with E-state index in [1.54, 1.807) is 12.1 Å². The summed E-state index contributed by atoms with van der Waals surface area (Å²) in [6.07, 6.45) is 4.88. The van der Waals surface area contributed by atoms with Crippen LogP contribution in [-0.4, -0.2) is 11.0 Å². The maximum Gasteiger partial charge on any atom is 0.273 e. The molecule has 0 amide bonds. The number of hydrogen-bond donors (Lipinski definition) is 1. The lowest BCUT2D eigenvalue weighted by Crippen LogP contribution is -2.28. The third kappa shape index (κ3) is 4.18. The number of hydrogen-bond acceptors (Lipinski definition) is 3. The van der Waals surface area contributed by atoms with Gasteiger partial charge in [-0.2, -0.15) is 0 Å². The minimum atomic E-state index is -0.352. The summed E-state index contributed by atoms with van der Waals surface area (Å²) in [5.74, 6) is 0.854. The highest BCUT2D eigenvalue weighted by molar-refractivity contribution is 6.30. The fraction of sp³-hybridized carbons (Fsp3) is 0.571. The Morgan fingerprint density at radius 2 is 2.26 bits per heavy atom. The number of nitro benzene ring substituents is 1. The molecule has 1 aromatic rings. The molecule has 0 aromatic heterocycles. The number of nitrogens with zero attached hydrogens (tertiary/aromatic N) is 1. The van der Waals surface area contributed by atoms with Crippen molar-refractivity contribution in [1.29, 1.82) is 0 Å². The van der Waals surface area contributed by atoms with Gasteiger partial charge in [0.25, 0.3) is 5.69 Å². The summed E-state index contributed by atoms with van der Waals surface area (Å²) >= 11 is 5.91. The molecular formula is C14H19ClN2O2. The van der Waals surface area contributed by atoms with Crippen LogP contribution in [0.5, 0.6) is 0 Å². The van der Waals surface area contributed by atoms with Crippen molar-refractivity contribution < 1.29 is 4.92 Å². The Kier molecular flexibility index (Phi) is 4.77. The molecule has 1 aliphatic rings. The maximum absolute atomic E-state index is 11.0. The molecule has 4 nitrogen and oxygen atoms in total. The second-order valence-corrected chi connectivity index (χ2v) is 5.63. The maximum atomic E-state index is 11.0. The highest BCUT2D eigenvalue weighted by Gasteiger charge is 2.25. The van der Waals surface area contributed by atoms with Gasteiger partial charge >= 0.3 is 0 Å². The van der Waals surface area contributed by atoms with Crippen LogP contribution in [0.15, 0.2) is 18.2 Å². The minimum absolute atomic E-state index is 0.137. The molecule has 0 saturated heterocycles. The molecule has 1 aliphatic carbocycles. The van der Waals surface area contributed by atoms with E-state index in [-0.39, 0.29) is 10.6 Å². The van der Waals surface area contributed by atoms with Crippen LogP contribution in [0.1, 0.15) is 38.2 Å². The van der Waals surface area contributed by atoms with E-state index in [0.717, 1.165) is 12.3 Å². The molecule has 104 valence electrons. The number of halogens is 1. The molecule has 2 rings (SSSR count). The molecule has 1 aromatic carbocycles. The van der Waals surface area contributed by atoms with E-state index in [0.29, 0.717) is 23.2 Å². The minimum Gasteiger partial charge on any atom is -0.310 e. The Hall–Kier alpha value is -1.13. The van der Waals surface area contributed by atoms with E-state index in [1.165, 1.54) is 25.3 Å². The van der Waals surface area contributed by atoms with Crippen LogP contribution < -0.4 is 5.32 Å². The predicted octanol–water partition coefficient (Wildman–Crippen LogP) is 3.92. The summed E-state index contributed by atoms with van der Waals surface area (Å²) in [5, 5.41) is 14.9. The molecule has 1 unspecified atom stereocenters. The van der Waals surface area contributed by atoms with E-state index in [1.807, 2.05) is 0 Å². The van der Waals surface area contributed by atoms with Crippen LogP contribution in [-0.2, 0) is 6.54 Å². The van der Waals surface area contributed by atoms with E-state index in [4.69, 9.17) is 11.6 Å². The van der Waals surface area contributed by atoms with Crippen molar-refractivity contribution in [3.05, 3.63) is 38.9 Å². The van der Waals surface area contributed by atoms with Crippen molar-refractivity contribution in [3.8, 4) is 0 Å².